The molecule has 0 N–H and O–H groups in total. The van der Waals surface area contributed by atoms with Crippen LogP contribution in [-0.2, 0) is 0 Å². The molecule has 0 spiro atoms. The molecule has 1 aromatic rings. The highest BCUT2D eigenvalue weighted by Gasteiger charge is 2.32. The molecule has 1 aliphatic heterocycles. The first-order valence-electron chi connectivity index (χ1n) is 10.9. The highest BCUT2D eigenvalue weighted by atomic mass is 19.1. The predicted octanol–water partition coefficient (Wildman–Crippen LogP) is 5.53. The van der Waals surface area contributed by atoms with Crippen molar-refractivity contribution in [2.75, 3.05) is 19.7 Å². The Kier molecular flexibility index (Phi) is 5.70. The quantitative estimate of drug-likeness (QED) is 0.628. The molecular formula is C23H32FNO2. The minimum atomic E-state index is -0.429. The fourth-order valence-electron chi connectivity index (χ4n) is 4.87. The molecule has 2 aliphatic carbocycles. The van der Waals surface area contributed by atoms with E-state index in [1.807, 2.05) is 0 Å². The zero-order valence-corrected chi connectivity index (χ0v) is 16.5. The van der Waals surface area contributed by atoms with Gasteiger partial charge in [0.2, 0.25) is 0 Å². The van der Waals surface area contributed by atoms with E-state index in [0.29, 0.717) is 24.2 Å². The summed E-state index contributed by atoms with van der Waals surface area (Å²) in [4.78, 5) is 14.5. The number of halogens is 1. The SMILES string of the molecule is CCCC1CCC(COc2cc(F)c(C(=O)N3CCCC3)cc2C2CC2)C1. The first-order chi connectivity index (χ1) is 13.2. The topological polar surface area (TPSA) is 29.5 Å². The molecule has 0 bridgehead atoms. The van der Waals surface area contributed by atoms with Crippen molar-refractivity contribution >= 4 is 5.91 Å². The van der Waals surface area contributed by atoms with Crippen LogP contribution in [0.25, 0.3) is 0 Å². The molecule has 0 aromatic heterocycles. The first-order valence-corrected chi connectivity index (χ1v) is 10.9. The number of benzene rings is 1. The van der Waals surface area contributed by atoms with Gasteiger partial charge in [-0.2, -0.15) is 0 Å². The van der Waals surface area contributed by atoms with Gasteiger partial charge in [0.1, 0.15) is 11.6 Å². The zero-order valence-electron chi connectivity index (χ0n) is 16.5. The maximum absolute atomic E-state index is 14.8. The average molecular weight is 374 g/mol. The Bertz CT molecular complexity index is 679. The number of amides is 1. The van der Waals surface area contributed by atoms with Crippen LogP contribution in [0.5, 0.6) is 5.75 Å². The number of likely N-dealkylation sites (tertiary alicyclic amines) is 1. The van der Waals surface area contributed by atoms with E-state index in [1.165, 1.54) is 38.2 Å². The van der Waals surface area contributed by atoms with Gasteiger partial charge in [-0.1, -0.05) is 26.2 Å². The van der Waals surface area contributed by atoms with E-state index >= 15 is 0 Å². The Labute approximate surface area is 162 Å². The number of ether oxygens (including phenoxy) is 1. The maximum Gasteiger partial charge on any atom is 0.256 e. The highest BCUT2D eigenvalue weighted by Crippen LogP contribution is 2.45. The second kappa shape index (κ2) is 8.20. The smallest absolute Gasteiger partial charge is 0.256 e. The average Bonchev–Trinajstić information content (AvgIpc) is 3.17. The number of carbonyl (C=O) groups is 1. The summed E-state index contributed by atoms with van der Waals surface area (Å²) in [7, 11) is 0. The van der Waals surface area contributed by atoms with Gasteiger partial charge in [-0.15, -0.1) is 0 Å². The van der Waals surface area contributed by atoms with Gasteiger partial charge in [0.15, 0.2) is 0 Å². The van der Waals surface area contributed by atoms with Crippen LogP contribution in [0.1, 0.15) is 86.6 Å². The molecule has 4 heteroatoms. The Balaban J connectivity index is 1.46. The standard InChI is InChI=1S/C23H32FNO2/c1-2-5-16-6-7-17(12-16)15-27-22-14-21(24)20(13-19(22)18-8-9-18)23(26)25-10-3-4-11-25/h13-14,16-18H,2-12,15H2,1H3. The van der Waals surface area contributed by atoms with Gasteiger partial charge in [-0.25, -0.2) is 4.39 Å². The largest absolute Gasteiger partial charge is 0.493 e. The lowest BCUT2D eigenvalue weighted by atomic mass is 10.0. The fourth-order valence-corrected chi connectivity index (χ4v) is 4.87. The van der Waals surface area contributed by atoms with Crippen LogP contribution in [-0.4, -0.2) is 30.5 Å². The summed E-state index contributed by atoms with van der Waals surface area (Å²) in [6.07, 6.45) is 10.6. The Morgan fingerprint density at radius 1 is 1.15 bits per heavy atom. The van der Waals surface area contributed by atoms with Crippen LogP contribution in [0.4, 0.5) is 4.39 Å². The van der Waals surface area contributed by atoms with Crippen LogP contribution < -0.4 is 4.74 Å². The molecule has 3 aliphatic rings. The zero-order chi connectivity index (χ0) is 18.8. The van der Waals surface area contributed by atoms with E-state index in [0.717, 1.165) is 50.3 Å². The highest BCUT2D eigenvalue weighted by molar-refractivity contribution is 5.95. The number of carbonyl (C=O) groups excluding carboxylic acids is 1. The molecule has 3 nitrogen and oxygen atoms in total. The molecule has 2 saturated carbocycles. The Morgan fingerprint density at radius 2 is 1.89 bits per heavy atom. The van der Waals surface area contributed by atoms with Crippen molar-refractivity contribution in [3.63, 3.8) is 0 Å². The Morgan fingerprint density at radius 3 is 2.59 bits per heavy atom. The van der Waals surface area contributed by atoms with Gasteiger partial charge >= 0.3 is 0 Å². The van der Waals surface area contributed by atoms with Gasteiger partial charge < -0.3 is 9.64 Å². The van der Waals surface area contributed by atoms with Crippen molar-refractivity contribution in [1.82, 2.24) is 4.90 Å². The number of nitrogens with zero attached hydrogens (tertiary/aromatic N) is 1. The second-order valence-corrected chi connectivity index (χ2v) is 8.79. The first kappa shape index (κ1) is 18.8. The predicted molar refractivity (Wildman–Crippen MR) is 105 cm³/mol. The van der Waals surface area contributed by atoms with Crippen LogP contribution in [0.2, 0.25) is 0 Å². The third-order valence-corrected chi connectivity index (χ3v) is 6.56. The van der Waals surface area contributed by atoms with Crippen molar-refractivity contribution in [3.8, 4) is 5.75 Å². The summed E-state index contributed by atoms with van der Waals surface area (Å²) in [5.74, 6) is 1.94. The monoisotopic (exact) mass is 373 g/mol. The number of hydrogen-bond donors (Lipinski definition) is 0. The molecule has 1 saturated heterocycles. The van der Waals surface area contributed by atoms with E-state index in [9.17, 15) is 9.18 Å². The van der Waals surface area contributed by atoms with Crippen molar-refractivity contribution in [1.29, 1.82) is 0 Å². The van der Waals surface area contributed by atoms with E-state index in [1.54, 1.807) is 11.0 Å². The fraction of sp³-hybridized carbons (Fsp3) is 0.696. The molecule has 2 unspecified atom stereocenters. The number of rotatable bonds is 7. The molecular weight excluding hydrogens is 341 g/mol. The summed E-state index contributed by atoms with van der Waals surface area (Å²) in [6.45, 7) is 4.42. The maximum atomic E-state index is 14.8. The lowest BCUT2D eigenvalue weighted by Gasteiger charge is -2.19. The molecule has 148 valence electrons. The molecule has 2 atom stereocenters. The van der Waals surface area contributed by atoms with Crippen molar-refractivity contribution in [3.05, 3.63) is 29.1 Å². The van der Waals surface area contributed by atoms with Crippen LogP contribution in [0, 0.1) is 17.7 Å². The normalized spacial score (nSPS) is 25.2. The van der Waals surface area contributed by atoms with Crippen molar-refractivity contribution in [2.45, 2.75) is 70.6 Å². The summed E-state index contributed by atoms with van der Waals surface area (Å²) in [5, 5.41) is 0. The minimum absolute atomic E-state index is 0.156. The van der Waals surface area contributed by atoms with Gasteiger partial charge in [-0.05, 0) is 67.9 Å². The van der Waals surface area contributed by atoms with E-state index in [-0.39, 0.29) is 11.5 Å². The summed E-state index contributed by atoms with van der Waals surface area (Å²) >= 11 is 0. The molecule has 27 heavy (non-hydrogen) atoms. The van der Waals surface area contributed by atoms with Gasteiger partial charge in [0.25, 0.3) is 5.91 Å². The van der Waals surface area contributed by atoms with Crippen molar-refractivity contribution < 1.29 is 13.9 Å². The third-order valence-electron chi connectivity index (χ3n) is 6.56. The lowest BCUT2D eigenvalue weighted by Crippen LogP contribution is -2.28. The minimum Gasteiger partial charge on any atom is -0.493 e. The van der Waals surface area contributed by atoms with Crippen LogP contribution in [0.3, 0.4) is 0 Å². The molecule has 1 heterocycles. The van der Waals surface area contributed by atoms with Crippen LogP contribution in [0.15, 0.2) is 12.1 Å². The molecule has 0 radical (unpaired) electrons. The van der Waals surface area contributed by atoms with Gasteiger partial charge in [0.05, 0.1) is 12.2 Å². The molecule has 1 aromatic carbocycles. The lowest BCUT2D eigenvalue weighted by molar-refractivity contribution is 0.0788. The van der Waals surface area contributed by atoms with E-state index < -0.39 is 5.82 Å². The van der Waals surface area contributed by atoms with Gasteiger partial charge in [-0.3, -0.25) is 4.79 Å². The molecule has 3 fully saturated rings. The third kappa shape index (κ3) is 4.30. The Hall–Kier alpha value is -1.58. The van der Waals surface area contributed by atoms with Crippen molar-refractivity contribution in [2.24, 2.45) is 11.8 Å². The van der Waals surface area contributed by atoms with E-state index in [2.05, 4.69) is 6.92 Å². The second-order valence-electron chi connectivity index (χ2n) is 8.79. The molecule has 1 amide bonds. The van der Waals surface area contributed by atoms with Crippen LogP contribution >= 0.6 is 0 Å². The molecule has 4 rings (SSSR count). The van der Waals surface area contributed by atoms with Gasteiger partial charge in [0, 0.05) is 19.2 Å². The number of hydrogen-bond acceptors (Lipinski definition) is 2. The summed E-state index contributed by atoms with van der Waals surface area (Å²) < 4.78 is 20.9. The summed E-state index contributed by atoms with van der Waals surface area (Å²) in [5.41, 5.74) is 1.28. The summed E-state index contributed by atoms with van der Waals surface area (Å²) in [6, 6.07) is 3.27. The van der Waals surface area contributed by atoms with E-state index in [4.69, 9.17) is 4.74 Å².